The minimum atomic E-state index is -0.545. The van der Waals surface area contributed by atoms with Gasteiger partial charge in [-0.1, -0.05) is 18.2 Å². The number of benzene rings is 2. The molecule has 0 aliphatic heterocycles. The molecule has 1 atom stereocenters. The summed E-state index contributed by atoms with van der Waals surface area (Å²) < 4.78 is 19.5. The van der Waals surface area contributed by atoms with Gasteiger partial charge in [0.2, 0.25) is 0 Å². The van der Waals surface area contributed by atoms with E-state index in [9.17, 15) is 4.39 Å². The number of para-hydroxylation sites is 1. The summed E-state index contributed by atoms with van der Waals surface area (Å²) in [7, 11) is 1.85. The van der Waals surface area contributed by atoms with Gasteiger partial charge in [-0.05, 0) is 38.2 Å². The zero-order valence-electron chi connectivity index (χ0n) is 11.4. The zero-order valence-corrected chi connectivity index (χ0v) is 11.4. The Morgan fingerprint density at radius 1 is 1.20 bits per heavy atom. The van der Waals surface area contributed by atoms with Crippen molar-refractivity contribution in [2.24, 2.45) is 0 Å². The minimum absolute atomic E-state index is 0.0904. The summed E-state index contributed by atoms with van der Waals surface area (Å²) in [6, 6.07) is 13.6. The average molecular weight is 270 g/mol. The van der Waals surface area contributed by atoms with Crippen LogP contribution in [0.15, 0.2) is 42.5 Å². The summed E-state index contributed by atoms with van der Waals surface area (Å²) in [5.41, 5.74) is 1.21. The Morgan fingerprint density at radius 3 is 2.60 bits per heavy atom. The molecule has 3 nitrogen and oxygen atoms in total. The second-order valence-electron chi connectivity index (χ2n) is 4.41. The molecule has 0 aromatic heterocycles. The Balaban J connectivity index is 2.33. The highest BCUT2D eigenvalue weighted by Crippen LogP contribution is 2.30. The third-order valence-corrected chi connectivity index (χ3v) is 3.10. The van der Waals surface area contributed by atoms with Gasteiger partial charge in [-0.25, -0.2) is 4.39 Å². The summed E-state index contributed by atoms with van der Waals surface area (Å²) in [5.74, 6) is 0.161. The topological polar surface area (TPSA) is 45.0 Å². The van der Waals surface area contributed by atoms with Gasteiger partial charge in [0.25, 0.3) is 0 Å². The maximum absolute atomic E-state index is 13.8. The van der Waals surface area contributed by atoms with Crippen LogP contribution in [0.4, 0.5) is 4.39 Å². The zero-order chi connectivity index (χ0) is 14.5. The number of hydrogen-bond acceptors (Lipinski definition) is 3. The van der Waals surface area contributed by atoms with Crippen LogP contribution in [-0.2, 0) is 0 Å². The van der Waals surface area contributed by atoms with E-state index in [4.69, 9.17) is 10.00 Å². The minimum Gasteiger partial charge on any atom is -0.454 e. The highest BCUT2D eigenvalue weighted by atomic mass is 19.1. The summed E-state index contributed by atoms with van der Waals surface area (Å²) in [5, 5.41) is 11.8. The maximum atomic E-state index is 13.8. The van der Waals surface area contributed by atoms with Crippen LogP contribution in [0.1, 0.15) is 24.1 Å². The Kier molecular flexibility index (Phi) is 4.34. The van der Waals surface area contributed by atoms with Crippen LogP contribution < -0.4 is 10.1 Å². The third-order valence-electron chi connectivity index (χ3n) is 3.10. The third kappa shape index (κ3) is 2.95. The van der Waals surface area contributed by atoms with Gasteiger partial charge in [-0.2, -0.15) is 5.26 Å². The number of nitriles is 1. The SMILES string of the molecule is CNC(C)c1ccccc1Oc1ccc(C#N)cc1F. The number of rotatable bonds is 4. The number of halogens is 1. The molecule has 20 heavy (non-hydrogen) atoms. The smallest absolute Gasteiger partial charge is 0.167 e. The van der Waals surface area contributed by atoms with Crippen molar-refractivity contribution in [2.45, 2.75) is 13.0 Å². The van der Waals surface area contributed by atoms with Crippen LogP contribution in [0.5, 0.6) is 11.5 Å². The summed E-state index contributed by atoms with van der Waals surface area (Å²) in [6.45, 7) is 2.00. The molecule has 0 saturated carbocycles. The second kappa shape index (κ2) is 6.18. The molecule has 0 aliphatic rings. The van der Waals surface area contributed by atoms with E-state index in [2.05, 4.69) is 5.32 Å². The van der Waals surface area contributed by atoms with Crippen LogP contribution in [-0.4, -0.2) is 7.05 Å². The Hall–Kier alpha value is -2.38. The largest absolute Gasteiger partial charge is 0.454 e. The van der Waals surface area contributed by atoms with E-state index in [1.165, 1.54) is 18.2 Å². The highest BCUT2D eigenvalue weighted by molar-refractivity contribution is 5.42. The molecule has 0 heterocycles. The maximum Gasteiger partial charge on any atom is 0.167 e. The molecule has 2 rings (SSSR count). The lowest BCUT2D eigenvalue weighted by molar-refractivity contribution is 0.431. The normalized spacial score (nSPS) is 11.7. The van der Waals surface area contributed by atoms with Crippen LogP contribution in [0, 0.1) is 17.1 Å². The van der Waals surface area contributed by atoms with Gasteiger partial charge in [0.15, 0.2) is 11.6 Å². The highest BCUT2D eigenvalue weighted by Gasteiger charge is 2.12. The van der Waals surface area contributed by atoms with E-state index in [0.29, 0.717) is 5.75 Å². The van der Waals surface area contributed by atoms with Crippen LogP contribution in [0.3, 0.4) is 0 Å². The van der Waals surface area contributed by atoms with Crippen molar-refractivity contribution < 1.29 is 9.13 Å². The van der Waals surface area contributed by atoms with Crippen molar-refractivity contribution in [1.29, 1.82) is 5.26 Å². The predicted molar refractivity (Wildman–Crippen MR) is 75.1 cm³/mol. The molecule has 0 radical (unpaired) electrons. The van der Waals surface area contributed by atoms with E-state index in [1.54, 1.807) is 6.07 Å². The van der Waals surface area contributed by atoms with Crippen molar-refractivity contribution in [3.8, 4) is 17.6 Å². The van der Waals surface area contributed by atoms with Gasteiger partial charge in [0.05, 0.1) is 11.6 Å². The predicted octanol–water partition coefficient (Wildman–Crippen LogP) is 3.77. The van der Waals surface area contributed by atoms with Gasteiger partial charge in [-0.3, -0.25) is 0 Å². The first-order valence-corrected chi connectivity index (χ1v) is 6.29. The number of ether oxygens (including phenoxy) is 1. The molecule has 1 N–H and O–H groups in total. The molecule has 0 fully saturated rings. The Bertz CT molecular complexity index is 649. The lowest BCUT2D eigenvalue weighted by Gasteiger charge is -2.16. The molecule has 0 saturated heterocycles. The summed E-state index contributed by atoms with van der Waals surface area (Å²) in [6.07, 6.45) is 0. The van der Waals surface area contributed by atoms with Crippen molar-refractivity contribution in [2.75, 3.05) is 7.05 Å². The van der Waals surface area contributed by atoms with Crippen molar-refractivity contribution >= 4 is 0 Å². The van der Waals surface area contributed by atoms with E-state index in [1.807, 2.05) is 38.2 Å². The fourth-order valence-corrected chi connectivity index (χ4v) is 1.86. The molecule has 0 bridgehead atoms. The molecule has 102 valence electrons. The van der Waals surface area contributed by atoms with Gasteiger partial charge in [0, 0.05) is 11.6 Å². The van der Waals surface area contributed by atoms with E-state index in [0.717, 1.165) is 5.56 Å². The Morgan fingerprint density at radius 2 is 1.95 bits per heavy atom. The average Bonchev–Trinajstić information content (AvgIpc) is 2.49. The quantitative estimate of drug-likeness (QED) is 0.919. The van der Waals surface area contributed by atoms with E-state index < -0.39 is 5.82 Å². The molecule has 2 aromatic carbocycles. The fourth-order valence-electron chi connectivity index (χ4n) is 1.86. The molecule has 0 spiro atoms. The lowest BCUT2D eigenvalue weighted by Crippen LogP contribution is -2.13. The van der Waals surface area contributed by atoms with E-state index in [-0.39, 0.29) is 17.4 Å². The van der Waals surface area contributed by atoms with Crippen LogP contribution in [0.25, 0.3) is 0 Å². The molecule has 0 amide bonds. The molecule has 1 unspecified atom stereocenters. The van der Waals surface area contributed by atoms with Gasteiger partial charge < -0.3 is 10.1 Å². The monoisotopic (exact) mass is 270 g/mol. The first-order valence-electron chi connectivity index (χ1n) is 6.29. The first-order chi connectivity index (χ1) is 9.65. The second-order valence-corrected chi connectivity index (χ2v) is 4.41. The van der Waals surface area contributed by atoms with Crippen molar-refractivity contribution in [3.05, 3.63) is 59.4 Å². The molecule has 0 aliphatic carbocycles. The van der Waals surface area contributed by atoms with Crippen molar-refractivity contribution in [1.82, 2.24) is 5.32 Å². The van der Waals surface area contributed by atoms with Crippen LogP contribution >= 0.6 is 0 Å². The Labute approximate surface area is 117 Å². The van der Waals surface area contributed by atoms with E-state index >= 15 is 0 Å². The number of hydrogen-bond donors (Lipinski definition) is 1. The molecular weight excluding hydrogens is 255 g/mol. The van der Waals surface area contributed by atoms with Gasteiger partial charge in [0.1, 0.15) is 5.75 Å². The fraction of sp³-hybridized carbons (Fsp3) is 0.188. The van der Waals surface area contributed by atoms with Gasteiger partial charge in [-0.15, -0.1) is 0 Å². The van der Waals surface area contributed by atoms with Crippen molar-refractivity contribution in [3.63, 3.8) is 0 Å². The number of nitrogens with one attached hydrogen (secondary N) is 1. The number of nitrogens with zero attached hydrogens (tertiary/aromatic N) is 1. The molecule has 2 aromatic rings. The molecule has 4 heteroatoms. The summed E-state index contributed by atoms with van der Waals surface area (Å²) >= 11 is 0. The summed E-state index contributed by atoms with van der Waals surface area (Å²) in [4.78, 5) is 0. The first kappa shape index (κ1) is 14.0. The van der Waals surface area contributed by atoms with Gasteiger partial charge >= 0.3 is 0 Å². The lowest BCUT2D eigenvalue weighted by atomic mass is 10.1. The standard InChI is InChI=1S/C16H15FN2O/c1-11(19-2)13-5-3-4-6-15(13)20-16-8-7-12(10-18)9-14(16)17/h3-9,11,19H,1-2H3. The molecular formula is C16H15FN2O. The van der Waals surface area contributed by atoms with Crippen LogP contribution in [0.2, 0.25) is 0 Å².